The zero-order valence-electron chi connectivity index (χ0n) is 12.7. The van der Waals surface area contributed by atoms with E-state index in [9.17, 15) is 0 Å². The van der Waals surface area contributed by atoms with Crippen LogP contribution in [0.15, 0.2) is 12.4 Å². The Kier molecular flexibility index (Phi) is 4.20. The van der Waals surface area contributed by atoms with Crippen molar-refractivity contribution in [2.75, 3.05) is 24.5 Å². The molecule has 20 heavy (non-hydrogen) atoms. The maximum absolute atomic E-state index is 4.48. The van der Waals surface area contributed by atoms with E-state index in [0.29, 0.717) is 5.92 Å². The van der Waals surface area contributed by atoms with Gasteiger partial charge in [0.15, 0.2) is 0 Å². The molecule has 0 bridgehead atoms. The first-order valence-electron chi connectivity index (χ1n) is 8.02. The number of rotatable bonds is 5. The smallest absolute Gasteiger partial charge is 0.132 e. The summed E-state index contributed by atoms with van der Waals surface area (Å²) in [5, 5.41) is 3.67. The number of anilines is 1. The molecule has 1 aromatic heterocycles. The molecule has 1 atom stereocenters. The van der Waals surface area contributed by atoms with Gasteiger partial charge in [0.2, 0.25) is 0 Å². The van der Waals surface area contributed by atoms with Gasteiger partial charge in [0.05, 0.1) is 0 Å². The first-order valence-corrected chi connectivity index (χ1v) is 8.02. The number of nitrogens with zero attached hydrogens (tertiary/aromatic N) is 3. The average molecular weight is 274 g/mol. The van der Waals surface area contributed by atoms with Crippen molar-refractivity contribution in [3.63, 3.8) is 0 Å². The van der Waals surface area contributed by atoms with E-state index in [1.165, 1.54) is 32.2 Å². The number of piperidine rings is 1. The van der Waals surface area contributed by atoms with Gasteiger partial charge in [-0.2, -0.15) is 0 Å². The van der Waals surface area contributed by atoms with E-state index in [1.807, 2.05) is 0 Å². The van der Waals surface area contributed by atoms with E-state index in [0.717, 1.165) is 36.6 Å². The molecule has 3 rings (SSSR count). The summed E-state index contributed by atoms with van der Waals surface area (Å²) in [7, 11) is 0. The fourth-order valence-corrected chi connectivity index (χ4v) is 2.91. The van der Waals surface area contributed by atoms with Crippen LogP contribution in [0.4, 0.5) is 5.82 Å². The van der Waals surface area contributed by atoms with E-state index in [4.69, 9.17) is 0 Å². The van der Waals surface area contributed by atoms with Gasteiger partial charge >= 0.3 is 0 Å². The van der Waals surface area contributed by atoms with Crippen molar-refractivity contribution in [3.8, 4) is 0 Å². The van der Waals surface area contributed by atoms with E-state index in [1.54, 1.807) is 6.33 Å². The van der Waals surface area contributed by atoms with Gasteiger partial charge in [-0.1, -0.05) is 13.8 Å². The zero-order chi connectivity index (χ0) is 13.9. The molecule has 4 heteroatoms. The zero-order valence-corrected chi connectivity index (χ0v) is 12.7. The molecule has 0 aromatic carbocycles. The van der Waals surface area contributed by atoms with Crippen molar-refractivity contribution >= 4 is 5.82 Å². The molecule has 0 spiro atoms. The summed E-state index contributed by atoms with van der Waals surface area (Å²) in [5.41, 5.74) is 1.15. The SMILES string of the molecule is CC(C)c1cc(N2CCCC(CNC3CC3)C2)ncn1. The molecule has 2 aliphatic rings. The number of nitrogens with one attached hydrogen (secondary N) is 1. The van der Waals surface area contributed by atoms with Crippen LogP contribution in [0.25, 0.3) is 0 Å². The van der Waals surface area contributed by atoms with Crippen molar-refractivity contribution in [2.45, 2.75) is 51.5 Å². The quantitative estimate of drug-likeness (QED) is 0.896. The van der Waals surface area contributed by atoms with Gasteiger partial charge in [0.1, 0.15) is 12.1 Å². The second kappa shape index (κ2) is 6.08. The van der Waals surface area contributed by atoms with Crippen molar-refractivity contribution in [3.05, 3.63) is 18.1 Å². The monoisotopic (exact) mass is 274 g/mol. The van der Waals surface area contributed by atoms with Crippen LogP contribution in [0.3, 0.4) is 0 Å². The summed E-state index contributed by atoms with van der Waals surface area (Å²) in [6.07, 6.45) is 7.09. The molecule has 1 aliphatic carbocycles. The second-order valence-electron chi connectivity index (χ2n) is 6.59. The Balaban J connectivity index is 1.61. The van der Waals surface area contributed by atoms with Crippen molar-refractivity contribution in [1.29, 1.82) is 0 Å². The Bertz CT molecular complexity index is 442. The lowest BCUT2D eigenvalue weighted by molar-refractivity contribution is 0.389. The van der Waals surface area contributed by atoms with E-state index >= 15 is 0 Å². The minimum absolute atomic E-state index is 0.467. The molecule has 2 fully saturated rings. The number of hydrogen-bond acceptors (Lipinski definition) is 4. The van der Waals surface area contributed by atoms with Crippen molar-refractivity contribution < 1.29 is 0 Å². The molecule has 1 aliphatic heterocycles. The summed E-state index contributed by atoms with van der Waals surface area (Å²) in [5.74, 6) is 2.34. The highest BCUT2D eigenvalue weighted by atomic mass is 15.2. The Labute approximate surface area is 122 Å². The molecule has 1 N–H and O–H groups in total. The first kappa shape index (κ1) is 13.8. The van der Waals surface area contributed by atoms with Gasteiger partial charge in [-0.3, -0.25) is 0 Å². The van der Waals surface area contributed by atoms with Gasteiger partial charge < -0.3 is 10.2 Å². The van der Waals surface area contributed by atoms with Crippen molar-refractivity contribution in [1.82, 2.24) is 15.3 Å². The van der Waals surface area contributed by atoms with E-state index in [-0.39, 0.29) is 0 Å². The third-order valence-electron chi connectivity index (χ3n) is 4.38. The second-order valence-corrected chi connectivity index (χ2v) is 6.59. The van der Waals surface area contributed by atoms with Crippen LogP contribution in [0.5, 0.6) is 0 Å². The highest BCUT2D eigenvalue weighted by molar-refractivity contribution is 5.40. The lowest BCUT2D eigenvalue weighted by Crippen LogP contribution is -2.40. The van der Waals surface area contributed by atoms with Crippen LogP contribution in [0.2, 0.25) is 0 Å². The highest BCUT2D eigenvalue weighted by Gasteiger charge is 2.25. The minimum atomic E-state index is 0.467. The third kappa shape index (κ3) is 3.48. The minimum Gasteiger partial charge on any atom is -0.356 e. The van der Waals surface area contributed by atoms with Gasteiger partial charge in [-0.25, -0.2) is 9.97 Å². The molecular formula is C16H26N4. The fourth-order valence-electron chi connectivity index (χ4n) is 2.91. The maximum atomic E-state index is 4.48. The summed E-state index contributed by atoms with van der Waals surface area (Å²) in [6, 6.07) is 2.98. The standard InChI is InChI=1S/C16H26N4/c1-12(2)15-8-16(19-11-18-15)20-7-3-4-13(10-20)9-17-14-5-6-14/h8,11-14,17H,3-7,9-10H2,1-2H3. The van der Waals surface area contributed by atoms with Crippen LogP contribution in [-0.2, 0) is 0 Å². The molecule has 1 saturated carbocycles. The Morgan fingerprint density at radius 2 is 2.15 bits per heavy atom. The van der Waals surface area contributed by atoms with Crippen LogP contribution in [-0.4, -0.2) is 35.6 Å². The van der Waals surface area contributed by atoms with Gasteiger partial charge in [-0.15, -0.1) is 0 Å². The lowest BCUT2D eigenvalue weighted by atomic mass is 9.98. The Morgan fingerprint density at radius 1 is 1.30 bits per heavy atom. The number of hydrogen-bond donors (Lipinski definition) is 1. The van der Waals surface area contributed by atoms with Crippen LogP contribution >= 0.6 is 0 Å². The van der Waals surface area contributed by atoms with Gasteiger partial charge in [-0.05, 0) is 44.1 Å². The summed E-state index contributed by atoms with van der Waals surface area (Å²) < 4.78 is 0. The van der Waals surface area contributed by atoms with Gasteiger partial charge in [0.25, 0.3) is 0 Å². The van der Waals surface area contributed by atoms with Crippen LogP contribution in [0.1, 0.15) is 51.1 Å². The largest absolute Gasteiger partial charge is 0.356 e. The van der Waals surface area contributed by atoms with Crippen molar-refractivity contribution in [2.24, 2.45) is 5.92 Å². The molecule has 1 unspecified atom stereocenters. The van der Waals surface area contributed by atoms with Crippen LogP contribution < -0.4 is 10.2 Å². The van der Waals surface area contributed by atoms with Gasteiger partial charge in [0, 0.05) is 30.9 Å². The molecule has 0 radical (unpaired) electrons. The Hall–Kier alpha value is -1.16. The Morgan fingerprint density at radius 3 is 2.90 bits per heavy atom. The third-order valence-corrected chi connectivity index (χ3v) is 4.38. The topological polar surface area (TPSA) is 41.0 Å². The predicted molar refractivity (Wildman–Crippen MR) is 82.1 cm³/mol. The highest BCUT2D eigenvalue weighted by Crippen LogP contribution is 2.24. The molecule has 4 nitrogen and oxygen atoms in total. The molecule has 0 amide bonds. The summed E-state index contributed by atoms with van der Waals surface area (Å²) in [4.78, 5) is 11.3. The molecule has 110 valence electrons. The summed E-state index contributed by atoms with van der Waals surface area (Å²) >= 11 is 0. The fraction of sp³-hybridized carbons (Fsp3) is 0.750. The molecule has 2 heterocycles. The molecule has 1 saturated heterocycles. The maximum Gasteiger partial charge on any atom is 0.132 e. The average Bonchev–Trinajstić information content (AvgIpc) is 3.30. The summed E-state index contributed by atoms with van der Waals surface area (Å²) in [6.45, 7) is 7.81. The molecular weight excluding hydrogens is 248 g/mol. The molecule has 1 aromatic rings. The van der Waals surface area contributed by atoms with E-state index in [2.05, 4.69) is 40.1 Å². The van der Waals surface area contributed by atoms with E-state index < -0.39 is 0 Å². The first-order chi connectivity index (χ1) is 9.72. The van der Waals surface area contributed by atoms with Crippen LogP contribution in [0, 0.1) is 5.92 Å². The number of aromatic nitrogens is 2. The normalized spacial score (nSPS) is 23.4. The predicted octanol–water partition coefficient (Wildman–Crippen LogP) is 2.57. The lowest BCUT2D eigenvalue weighted by Gasteiger charge is -2.34.